The molecular weight excluding hydrogens is 276 g/mol. The SMILES string of the molecule is CCCNc1cnc(C(=O)Nc2ccc(Cl)cc2)cn1. The third-order valence-electron chi connectivity index (χ3n) is 2.54. The van der Waals surface area contributed by atoms with Gasteiger partial charge in [-0.1, -0.05) is 18.5 Å². The summed E-state index contributed by atoms with van der Waals surface area (Å²) in [5.74, 6) is 0.358. The highest BCUT2D eigenvalue weighted by Gasteiger charge is 2.08. The molecule has 0 aliphatic rings. The van der Waals surface area contributed by atoms with Crippen LogP contribution in [0, 0.1) is 0 Å². The van der Waals surface area contributed by atoms with Crippen LogP contribution in [0.4, 0.5) is 11.5 Å². The molecule has 5 nitrogen and oxygen atoms in total. The maximum atomic E-state index is 12.0. The predicted octanol–water partition coefficient (Wildman–Crippen LogP) is 3.20. The van der Waals surface area contributed by atoms with E-state index in [0.717, 1.165) is 13.0 Å². The molecule has 1 aromatic carbocycles. The van der Waals surface area contributed by atoms with Crippen molar-refractivity contribution in [3.63, 3.8) is 0 Å². The largest absolute Gasteiger partial charge is 0.369 e. The second kappa shape index (κ2) is 6.86. The van der Waals surface area contributed by atoms with Crippen molar-refractivity contribution in [2.75, 3.05) is 17.2 Å². The number of nitrogens with zero attached hydrogens (tertiary/aromatic N) is 2. The number of anilines is 2. The number of hydrogen-bond donors (Lipinski definition) is 2. The maximum Gasteiger partial charge on any atom is 0.275 e. The third-order valence-corrected chi connectivity index (χ3v) is 2.79. The van der Waals surface area contributed by atoms with E-state index in [2.05, 4.69) is 27.5 Å². The fourth-order valence-corrected chi connectivity index (χ4v) is 1.64. The molecule has 0 radical (unpaired) electrons. The van der Waals surface area contributed by atoms with Gasteiger partial charge in [-0.15, -0.1) is 0 Å². The van der Waals surface area contributed by atoms with Crippen molar-refractivity contribution >= 4 is 29.0 Å². The number of benzene rings is 1. The fourth-order valence-electron chi connectivity index (χ4n) is 1.52. The number of aromatic nitrogens is 2. The summed E-state index contributed by atoms with van der Waals surface area (Å²) in [5.41, 5.74) is 0.927. The molecule has 0 spiro atoms. The zero-order valence-electron chi connectivity index (χ0n) is 11.1. The van der Waals surface area contributed by atoms with E-state index in [4.69, 9.17) is 11.6 Å². The predicted molar refractivity (Wildman–Crippen MR) is 80.2 cm³/mol. The topological polar surface area (TPSA) is 66.9 Å². The molecule has 20 heavy (non-hydrogen) atoms. The Morgan fingerprint density at radius 1 is 1.20 bits per heavy atom. The van der Waals surface area contributed by atoms with Crippen LogP contribution in [0.25, 0.3) is 0 Å². The van der Waals surface area contributed by atoms with Crippen molar-refractivity contribution in [1.82, 2.24) is 9.97 Å². The van der Waals surface area contributed by atoms with Crippen LogP contribution in [-0.2, 0) is 0 Å². The highest BCUT2D eigenvalue weighted by molar-refractivity contribution is 6.30. The van der Waals surface area contributed by atoms with Crippen LogP contribution in [0.1, 0.15) is 23.8 Å². The van der Waals surface area contributed by atoms with Gasteiger partial charge in [0.1, 0.15) is 11.5 Å². The van der Waals surface area contributed by atoms with E-state index in [-0.39, 0.29) is 11.6 Å². The number of carbonyl (C=O) groups excluding carboxylic acids is 1. The van der Waals surface area contributed by atoms with Crippen molar-refractivity contribution in [2.24, 2.45) is 0 Å². The fraction of sp³-hybridized carbons (Fsp3) is 0.214. The number of nitrogens with one attached hydrogen (secondary N) is 2. The van der Waals surface area contributed by atoms with Gasteiger partial charge in [0.05, 0.1) is 12.4 Å². The summed E-state index contributed by atoms with van der Waals surface area (Å²) < 4.78 is 0. The zero-order valence-corrected chi connectivity index (χ0v) is 11.8. The Hall–Kier alpha value is -2.14. The summed E-state index contributed by atoms with van der Waals surface area (Å²) in [6.07, 6.45) is 4.00. The highest BCUT2D eigenvalue weighted by atomic mass is 35.5. The first-order valence-corrected chi connectivity index (χ1v) is 6.69. The van der Waals surface area contributed by atoms with E-state index < -0.39 is 0 Å². The first-order chi connectivity index (χ1) is 9.69. The summed E-state index contributed by atoms with van der Waals surface area (Å²) in [6.45, 7) is 2.89. The lowest BCUT2D eigenvalue weighted by Gasteiger charge is -2.06. The minimum Gasteiger partial charge on any atom is -0.369 e. The maximum absolute atomic E-state index is 12.0. The van der Waals surface area contributed by atoms with Crippen LogP contribution in [-0.4, -0.2) is 22.4 Å². The first-order valence-electron chi connectivity index (χ1n) is 6.32. The molecule has 0 fully saturated rings. The second-order valence-electron chi connectivity index (χ2n) is 4.17. The van der Waals surface area contributed by atoms with E-state index in [9.17, 15) is 4.79 Å². The lowest BCUT2D eigenvalue weighted by Crippen LogP contribution is -2.14. The van der Waals surface area contributed by atoms with Crippen molar-refractivity contribution in [3.05, 3.63) is 47.4 Å². The van der Waals surface area contributed by atoms with Crippen LogP contribution < -0.4 is 10.6 Å². The molecule has 2 aromatic rings. The lowest BCUT2D eigenvalue weighted by molar-refractivity contribution is 0.102. The molecule has 1 amide bonds. The molecule has 2 N–H and O–H groups in total. The molecule has 6 heteroatoms. The van der Waals surface area contributed by atoms with Gasteiger partial charge in [-0.3, -0.25) is 4.79 Å². The molecule has 104 valence electrons. The molecule has 0 saturated heterocycles. The van der Waals surface area contributed by atoms with E-state index in [1.807, 2.05) is 0 Å². The quantitative estimate of drug-likeness (QED) is 0.887. The standard InChI is InChI=1S/C14H15ClN4O/c1-2-7-16-13-9-17-12(8-18-13)14(20)19-11-5-3-10(15)4-6-11/h3-6,8-9H,2,7H2,1H3,(H,16,18)(H,19,20). The van der Waals surface area contributed by atoms with Crippen molar-refractivity contribution in [1.29, 1.82) is 0 Å². The van der Waals surface area contributed by atoms with Crippen molar-refractivity contribution < 1.29 is 4.79 Å². The summed E-state index contributed by atoms with van der Waals surface area (Å²) in [5, 5.41) is 6.44. The van der Waals surface area contributed by atoms with Crippen LogP contribution in [0.5, 0.6) is 0 Å². The van der Waals surface area contributed by atoms with E-state index in [1.54, 1.807) is 30.5 Å². The second-order valence-corrected chi connectivity index (χ2v) is 4.61. The Kier molecular flexibility index (Phi) is 4.90. The normalized spacial score (nSPS) is 10.1. The molecule has 1 heterocycles. The number of halogens is 1. The summed E-state index contributed by atoms with van der Waals surface area (Å²) in [4.78, 5) is 20.2. The third kappa shape index (κ3) is 3.93. The molecular formula is C14H15ClN4O. The van der Waals surface area contributed by atoms with E-state index in [1.165, 1.54) is 6.20 Å². The number of hydrogen-bond acceptors (Lipinski definition) is 4. The van der Waals surface area contributed by atoms with Crippen LogP contribution >= 0.6 is 11.6 Å². The molecule has 0 unspecified atom stereocenters. The Balaban J connectivity index is 2.00. The smallest absolute Gasteiger partial charge is 0.275 e. The monoisotopic (exact) mass is 290 g/mol. The number of rotatable bonds is 5. The minimum absolute atomic E-state index is 0.266. The van der Waals surface area contributed by atoms with Crippen LogP contribution in [0.3, 0.4) is 0 Å². The Morgan fingerprint density at radius 2 is 1.95 bits per heavy atom. The van der Waals surface area contributed by atoms with Gasteiger partial charge in [0.2, 0.25) is 0 Å². The summed E-state index contributed by atoms with van der Waals surface area (Å²) in [6, 6.07) is 6.87. The van der Waals surface area contributed by atoms with E-state index >= 15 is 0 Å². The Bertz CT molecular complexity index is 569. The first kappa shape index (κ1) is 14.3. The van der Waals surface area contributed by atoms with Gasteiger partial charge in [0.25, 0.3) is 5.91 Å². The van der Waals surface area contributed by atoms with Gasteiger partial charge in [-0.25, -0.2) is 9.97 Å². The van der Waals surface area contributed by atoms with Crippen LogP contribution in [0.2, 0.25) is 5.02 Å². The van der Waals surface area contributed by atoms with Crippen molar-refractivity contribution in [3.8, 4) is 0 Å². The van der Waals surface area contributed by atoms with Gasteiger partial charge < -0.3 is 10.6 Å². The molecule has 0 atom stereocenters. The summed E-state index contributed by atoms with van der Waals surface area (Å²) in [7, 11) is 0. The van der Waals surface area contributed by atoms with Gasteiger partial charge in [0, 0.05) is 17.3 Å². The Morgan fingerprint density at radius 3 is 2.55 bits per heavy atom. The van der Waals surface area contributed by atoms with Crippen molar-refractivity contribution in [2.45, 2.75) is 13.3 Å². The highest BCUT2D eigenvalue weighted by Crippen LogP contribution is 2.14. The van der Waals surface area contributed by atoms with E-state index in [0.29, 0.717) is 16.5 Å². The summed E-state index contributed by atoms with van der Waals surface area (Å²) >= 11 is 5.78. The Labute approximate surface area is 122 Å². The number of amides is 1. The zero-order chi connectivity index (χ0) is 14.4. The van der Waals surface area contributed by atoms with Gasteiger partial charge >= 0.3 is 0 Å². The van der Waals surface area contributed by atoms with Gasteiger partial charge in [-0.2, -0.15) is 0 Å². The minimum atomic E-state index is -0.304. The van der Waals surface area contributed by atoms with Gasteiger partial charge in [0.15, 0.2) is 0 Å². The molecule has 0 aliphatic heterocycles. The molecule has 0 bridgehead atoms. The number of carbonyl (C=O) groups is 1. The molecule has 1 aromatic heterocycles. The lowest BCUT2D eigenvalue weighted by atomic mass is 10.3. The van der Waals surface area contributed by atoms with Gasteiger partial charge in [-0.05, 0) is 30.7 Å². The average molecular weight is 291 g/mol. The average Bonchev–Trinajstić information content (AvgIpc) is 2.48. The molecule has 0 saturated carbocycles. The molecule has 2 rings (SSSR count). The van der Waals surface area contributed by atoms with Crippen LogP contribution in [0.15, 0.2) is 36.7 Å². The molecule has 0 aliphatic carbocycles.